The van der Waals surface area contributed by atoms with Gasteiger partial charge in [0.05, 0.1) is 5.39 Å². The van der Waals surface area contributed by atoms with Gasteiger partial charge >= 0.3 is 12.1 Å². The fourth-order valence-corrected chi connectivity index (χ4v) is 4.25. The number of nitrogens with one attached hydrogen (secondary N) is 1. The SMILES string of the molecule is CC(C)C(NC(=O)OC(C)(C)C)C(=O)OC[C@H]1O[C@@H](n2cc3c4c(ncnc42)N(C)N=C3N)[C@@H](O)C1O. The van der Waals surface area contributed by atoms with Crippen molar-refractivity contribution in [1.82, 2.24) is 19.9 Å². The molecule has 2 aliphatic heterocycles. The summed E-state index contributed by atoms with van der Waals surface area (Å²) in [4.78, 5) is 33.5. The molecule has 14 nitrogen and oxygen atoms in total. The molecule has 0 aromatic carbocycles. The first-order valence-corrected chi connectivity index (χ1v) is 11.9. The van der Waals surface area contributed by atoms with Crippen LogP contribution in [0, 0.1) is 5.92 Å². The minimum Gasteiger partial charge on any atom is -0.461 e. The number of nitrogens with zero attached hydrogens (tertiary/aromatic N) is 5. The molecule has 37 heavy (non-hydrogen) atoms. The maximum Gasteiger partial charge on any atom is 0.408 e. The Hall–Kier alpha value is -3.49. The molecule has 0 radical (unpaired) electrons. The highest BCUT2D eigenvalue weighted by Gasteiger charge is 2.45. The number of hydrogen-bond donors (Lipinski definition) is 4. The van der Waals surface area contributed by atoms with Crippen LogP contribution in [0.4, 0.5) is 10.6 Å². The van der Waals surface area contributed by atoms with E-state index in [1.165, 1.54) is 11.3 Å². The smallest absolute Gasteiger partial charge is 0.408 e. The molecule has 1 amide bonds. The summed E-state index contributed by atoms with van der Waals surface area (Å²) >= 11 is 0. The fraction of sp³-hybridized carbons (Fsp3) is 0.609. The largest absolute Gasteiger partial charge is 0.461 e. The van der Waals surface area contributed by atoms with Crippen molar-refractivity contribution in [1.29, 1.82) is 0 Å². The van der Waals surface area contributed by atoms with Crippen LogP contribution in [0.15, 0.2) is 17.6 Å². The van der Waals surface area contributed by atoms with Gasteiger partial charge in [-0.2, -0.15) is 5.10 Å². The van der Waals surface area contributed by atoms with Crippen LogP contribution in [0.3, 0.4) is 0 Å². The lowest BCUT2D eigenvalue weighted by atomic mass is 10.1. The topological polar surface area (TPSA) is 187 Å². The van der Waals surface area contributed by atoms with Gasteiger partial charge in [0.2, 0.25) is 0 Å². The zero-order chi connectivity index (χ0) is 27.2. The molecule has 2 aromatic heterocycles. The predicted octanol–water partition coefficient (Wildman–Crippen LogP) is 0.213. The lowest BCUT2D eigenvalue weighted by Crippen LogP contribution is -2.48. The van der Waals surface area contributed by atoms with Crippen molar-refractivity contribution >= 4 is 34.7 Å². The normalized spacial score (nSPS) is 24.2. The van der Waals surface area contributed by atoms with Crippen LogP contribution in [0.1, 0.15) is 46.4 Å². The summed E-state index contributed by atoms with van der Waals surface area (Å²) in [5.41, 5.74) is 6.35. The molecule has 0 spiro atoms. The number of amides is 1. The van der Waals surface area contributed by atoms with Crippen molar-refractivity contribution in [3.63, 3.8) is 0 Å². The van der Waals surface area contributed by atoms with E-state index in [1.807, 2.05) is 0 Å². The maximum atomic E-state index is 12.8. The minimum absolute atomic E-state index is 0.240. The molecule has 5 atom stereocenters. The number of amidine groups is 1. The van der Waals surface area contributed by atoms with Gasteiger partial charge in [-0.15, -0.1) is 0 Å². The number of nitrogens with two attached hydrogens (primary N) is 1. The number of hydrogen-bond acceptors (Lipinski definition) is 12. The Morgan fingerprint density at radius 2 is 1.95 bits per heavy atom. The fourth-order valence-electron chi connectivity index (χ4n) is 4.25. The lowest BCUT2D eigenvalue weighted by molar-refractivity contribution is -0.153. The van der Waals surface area contributed by atoms with Crippen molar-refractivity contribution in [2.45, 2.75) is 70.8 Å². The predicted molar refractivity (Wildman–Crippen MR) is 132 cm³/mol. The van der Waals surface area contributed by atoms with Gasteiger partial charge in [-0.25, -0.2) is 24.6 Å². The van der Waals surface area contributed by atoms with E-state index in [-0.39, 0.29) is 18.4 Å². The zero-order valence-electron chi connectivity index (χ0n) is 21.6. The molecule has 4 heterocycles. The number of alkyl carbamates (subject to hydrolysis) is 1. The third-order valence-electron chi connectivity index (χ3n) is 6.02. The summed E-state index contributed by atoms with van der Waals surface area (Å²) in [6.07, 6.45) is -2.58. The second kappa shape index (κ2) is 9.76. The van der Waals surface area contributed by atoms with Gasteiger partial charge in [-0.05, 0) is 26.7 Å². The van der Waals surface area contributed by atoms with E-state index >= 15 is 0 Å². The van der Waals surface area contributed by atoms with Crippen molar-refractivity contribution in [3.05, 3.63) is 18.1 Å². The molecule has 2 aliphatic rings. The quantitative estimate of drug-likeness (QED) is 0.382. The highest BCUT2D eigenvalue weighted by molar-refractivity contribution is 6.13. The molecule has 1 fully saturated rings. The molecule has 0 saturated carbocycles. The Labute approximate surface area is 213 Å². The number of carbonyl (C=O) groups is 2. The van der Waals surface area contributed by atoms with Gasteiger partial charge in [0.25, 0.3) is 0 Å². The van der Waals surface area contributed by atoms with E-state index in [0.717, 1.165) is 0 Å². The first-order chi connectivity index (χ1) is 17.3. The van der Waals surface area contributed by atoms with Gasteiger partial charge in [-0.1, -0.05) is 13.8 Å². The molecule has 2 unspecified atom stereocenters. The number of carbonyl (C=O) groups excluding carboxylic acids is 2. The summed E-state index contributed by atoms with van der Waals surface area (Å²) in [6, 6.07) is -0.985. The molecule has 1 saturated heterocycles. The highest BCUT2D eigenvalue weighted by Crippen LogP contribution is 2.37. The molecule has 0 bridgehead atoms. The average Bonchev–Trinajstić information content (AvgIpc) is 3.32. The van der Waals surface area contributed by atoms with Crippen LogP contribution in [0.5, 0.6) is 0 Å². The van der Waals surface area contributed by atoms with Crippen LogP contribution in [0.25, 0.3) is 11.0 Å². The van der Waals surface area contributed by atoms with E-state index in [2.05, 4.69) is 20.4 Å². The van der Waals surface area contributed by atoms with E-state index in [4.69, 9.17) is 19.9 Å². The van der Waals surface area contributed by atoms with E-state index < -0.39 is 48.2 Å². The number of aliphatic hydroxyl groups excluding tert-OH is 2. The Balaban J connectivity index is 1.48. The number of esters is 1. The lowest BCUT2D eigenvalue weighted by Gasteiger charge is -2.25. The standard InChI is InChI=1S/C23H33N7O7/c1-10(2)14(27-22(34)37-23(3,4)5)21(33)35-8-12-15(31)16(32)20(36-12)30-7-11-13-18(25-9-26-19(13)30)29(6)28-17(11)24/h7,9-10,12,14-16,20,31-32H,8H2,1-6H3,(H2,24,28)(H,27,34)/t12-,14?,15?,16+,20-/m1/s1. The van der Waals surface area contributed by atoms with Crippen LogP contribution in [-0.4, -0.2) is 86.3 Å². The first-order valence-electron chi connectivity index (χ1n) is 11.9. The van der Waals surface area contributed by atoms with Gasteiger partial charge in [0.15, 0.2) is 17.9 Å². The van der Waals surface area contributed by atoms with Crippen LogP contribution in [0.2, 0.25) is 0 Å². The summed E-state index contributed by atoms with van der Waals surface area (Å²) in [6.45, 7) is 8.27. The number of aromatic nitrogens is 3. The molecule has 0 aliphatic carbocycles. The van der Waals surface area contributed by atoms with Gasteiger partial charge < -0.3 is 40.0 Å². The number of aliphatic hydroxyl groups is 2. The van der Waals surface area contributed by atoms with Crippen molar-refractivity contribution < 1.29 is 34.0 Å². The number of anilines is 1. The van der Waals surface area contributed by atoms with Crippen LogP contribution >= 0.6 is 0 Å². The van der Waals surface area contributed by atoms with E-state index in [0.29, 0.717) is 22.4 Å². The second-order valence-electron chi connectivity index (χ2n) is 10.4. The van der Waals surface area contributed by atoms with Gasteiger partial charge in [-0.3, -0.25) is 0 Å². The number of rotatable bonds is 6. The van der Waals surface area contributed by atoms with E-state index in [9.17, 15) is 19.8 Å². The highest BCUT2D eigenvalue weighted by atomic mass is 16.6. The summed E-state index contributed by atoms with van der Waals surface area (Å²) < 4.78 is 18.1. The third-order valence-corrected chi connectivity index (χ3v) is 6.02. The van der Waals surface area contributed by atoms with Crippen molar-refractivity contribution in [2.24, 2.45) is 16.8 Å². The van der Waals surface area contributed by atoms with Gasteiger partial charge in [0.1, 0.15) is 48.5 Å². The zero-order valence-corrected chi connectivity index (χ0v) is 21.6. The molecular formula is C23H33N7O7. The summed E-state index contributed by atoms with van der Waals surface area (Å²) in [5, 5.41) is 30.4. The maximum absolute atomic E-state index is 12.8. The molecule has 14 heteroatoms. The summed E-state index contributed by atoms with van der Waals surface area (Å²) in [5.74, 6) is -0.252. The Bertz CT molecular complexity index is 1220. The molecule has 4 rings (SSSR count). The number of ether oxygens (including phenoxy) is 3. The molecule has 5 N–H and O–H groups in total. The minimum atomic E-state index is -1.37. The van der Waals surface area contributed by atoms with Gasteiger partial charge in [0, 0.05) is 18.8 Å². The first kappa shape index (κ1) is 26.6. The molecule has 202 valence electrons. The Kier molecular flexibility index (Phi) is 7.01. The number of hydrazone groups is 1. The van der Waals surface area contributed by atoms with Crippen molar-refractivity contribution in [2.75, 3.05) is 18.7 Å². The Morgan fingerprint density at radius 1 is 1.24 bits per heavy atom. The summed E-state index contributed by atoms with van der Waals surface area (Å²) in [7, 11) is 1.70. The average molecular weight is 520 g/mol. The monoisotopic (exact) mass is 519 g/mol. The van der Waals surface area contributed by atoms with E-state index in [1.54, 1.807) is 52.4 Å². The van der Waals surface area contributed by atoms with Crippen molar-refractivity contribution in [3.8, 4) is 0 Å². The second-order valence-corrected chi connectivity index (χ2v) is 10.4. The third kappa shape index (κ3) is 5.17. The Morgan fingerprint density at radius 3 is 2.59 bits per heavy atom. The molecular weight excluding hydrogens is 486 g/mol. The molecule has 2 aromatic rings. The van der Waals surface area contributed by atoms with Crippen LogP contribution in [-0.2, 0) is 19.0 Å². The van der Waals surface area contributed by atoms with Crippen LogP contribution < -0.4 is 16.1 Å².